The van der Waals surface area contributed by atoms with E-state index >= 15 is 0 Å². The minimum atomic E-state index is 0.444. The number of nitrogens with one attached hydrogen (secondary N) is 4. The van der Waals surface area contributed by atoms with Crippen LogP contribution in [-0.4, -0.2) is 72.4 Å². The summed E-state index contributed by atoms with van der Waals surface area (Å²) in [5, 5.41) is 15.0. The maximum absolute atomic E-state index is 5.56. The summed E-state index contributed by atoms with van der Waals surface area (Å²) in [6.07, 6.45) is 4.48. The van der Waals surface area contributed by atoms with Crippen molar-refractivity contribution in [2.24, 2.45) is 0 Å². The number of nitrogens with zero attached hydrogens (tertiary/aromatic N) is 2. The summed E-state index contributed by atoms with van der Waals surface area (Å²) in [6.45, 7) is 6.53. The highest BCUT2D eigenvalue weighted by Gasteiger charge is 2.18. The first-order chi connectivity index (χ1) is 13.9. The Morgan fingerprint density at radius 2 is 1.31 bits per heavy atom. The highest BCUT2D eigenvalue weighted by molar-refractivity contribution is 7.80. The van der Waals surface area contributed by atoms with Crippen LogP contribution in [0.3, 0.4) is 0 Å². The smallest absolute Gasteiger partial charge is 0.171 e. The van der Waals surface area contributed by atoms with Crippen molar-refractivity contribution in [2.45, 2.75) is 44.7 Å². The summed E-state index contributed by atoms with van der Waals surface area (Å²) < 4.78 is 0. The summed E-state index contributed by atoms with van der Waals surface area (Å²) >= 11 is 11.1. The van der Waals surface area contributed by atoms with Gasteiger partial charge < -0.3 is 31.1 Å². The van der Waals surface area contributed by atoms with Crippen molar-refractivity contribution >= 4 is 46.0 Å². The van der Waals surface area contributed by atoms with E-state index in [-0.39, 0.29) is 0 Å². The predicted molar refractivity (Wildman–Crippen MR) is 131 cm³/mol. The largest absolute Gasteiger partial charge is 0.360 e. The van der Waals surface area contributed by atoms with Crippen LogP contribution in [0.4, 0.5) is 11.4 Å². The molecule has 0 aromatic heterocycles. The zero-order valence-corrected chi connectivity index (χ0v) is 19.4. The zero-order valence-electron chi connectivity index (χ0n) is 17.8. The lowest BCUT2D eigenvalue weighted by atomic mass is 10.1. The first-order valence-corrected chi connectivity index (χ1v) is 11.3. The fourth-order valence-electron chi connectivity index (χ4n) is 3.84. The molecule has 0 aliphatic carbocycles. The van der Waals surface area contributed by atoms with Gasteiger partial charge in [-0.25, -0.2) is 0 Å². The third-order valence-corrected chi connectivity index (χ3v) is 6.29. The SMILES string of the molecule is Cc1ccc(NC(=S)NC2CCN(C)CC2)cc1NC(=S)NC1CCN(C)CC1. The van der Waals surface area contributed by atoms with Crippen LogP contribution >= 0.6 is 24.4 Å². The van der Waals surface area contributed by atoms with E-state index < -0.39 is 0 Å². The third kappa shape index (κ3) is 7.06. The van der Waals surface area contributed by atoms with Gasteiger partial charge in [-0.2, -0.15) is 0 Å². The molecule has 0 amide bonds. The second-order valence-electron chi connectivity index (χ2n) is 8.38. The number of hydrogen-bond acceptors (Lipinski definition) is 4. The van der Waals surface area contributed by atoms with E-state index in [0.717, 1.165) is 68.8 Å². The Hall–Kier alpha value is -1.48. The van der Waals surface area contributed by atoms with Gasteiger partial charge in [0.15, 0.2) is 10.2 Å². The van der Waals surface area contributed by atoms with Gasteiger partial charge in [0.05, 0.1) is 0 Å². The van der Waals surface area contributed by atoms with Crippen LogP contribution in [0.2, 0.25) is 0 Å². The Bertz CT molecular complexity index is 709. The van der Waals surface area contributed by atoms with E-state index in [1.807, 2.05) is 0 Å². The van der Waals surface area contributed by atoms with Gasteiger partial charge in [0.2, 0.25) is 0 Å². The summed E-state index contributed by atoms with van der Waals surface area (Å²) in [7, 11) is 4.33. The van der Waals surface area contributed by atoms with Gasteiger partial charge in [0.25, 0.3) is 0 Å². The lowest BCUT2D eigenvalue weighted by molar-refractivity contribution is 0.247. The molecule has 2 saturated heterocycles. The second kappa shape index (κ2) is 10.5. The molecule has 2 aliphatic heterocycles. The molecule has 0 spiro atoms. The third-order valence-electron chi connectivity index (χ3n) is 5.85. The minimum absolute atomic E-state index is 0.444. The Morgan fingerprint density at radius 1 is 0.828 bits per heavy atom. The molecular formula is C21H34N6S2. The highest BCUT2D eigenvalue weighted by Crippen LogP contribution is 2.21. The van der Waals surface area contributed by atoms with Gasteiger partial charge in [0.1, 0.15) is 0 Å². The van der Waals surface area contributed by atoms with Gasteiger partial charge in [-0.15, -0.1) is 0 Å². The maximum atomic E-state index is 5.56. The van der Waals surface area contributed by atoms with E-state index in [4.69, 9.17) is 24.4 Å². The Labute approximate surface area is 185 Å². The van der Waals surface area contributed by atoms with Gasteiger partial charge >= 0.3 is 0 Å². The molecule has 1 aromatic rings. The molecule has 0 unspecified atom stereocenters. The Balaban J connectivity index is 1.51. The van der Waals surface area contributed by atoms with Crippen LogP contribution in [-0.2, 0) is 0 Å². The van der Waals surface area contributed by atoms with Crippen LogP contribution in [0.25, 0.3) is 0 Å². The second-order valence-corrected chi connectivity index (χ2v) is 9.20. The fourth-order valence-corrected chi connectivity index (χ4v) is 4.40. The molecular weight excluding hydrogens is 400 g/mol. The topological polar surface area (TPSA) is 54.6 Å². The van der Waals surface area contributed by atoms with Crippen molar-refractivity contribution in [3.05, 3.63) is 23.8 Å². The predicted octanol–water partition coefficient (Wildman–Crippen LogP) is 2.76. The van der Waals surface area contributed by atoms with Gasteiger partial charge in [-0.05, 0) is 115 Å². The standard InChI is InChI=1S/C21H34N6S2/c1-15-4-5-18(24-20(28)22-16-6-10-26(2)11-7-16)14-19(15)25-21(29)23-17-8-12-27(3)13-9-17/h4-5,14,16-17H,6-13H2,1-3H3,(H2,22,24,28)(H2,23,25,29). The molecule has 6 nitrogen and oxygen atoms in total. The highest BCUT2D eigenvalue weighted by atomic mass is 32.1. The average Bonchev–Trinajstić information content (AvgIpc) is 2.68. The van der Waals surface area contributed by atoms with E-state index in [2.05, 4.69) is 70.3 Å². The lowest BCUT2D eigenvalue weighted by Crippen LogP contribution is -2.45. The van der Waals surface area contributed by atoms with Crippen molar-refractivity contribution in [3.8, 4) is 0 Å². The fraction of sp³-hybridized carbons (Fsp3) is 0.619. The quantitative estimate of drug-likeness (QED) is 0.540. The molecule has 29 heavy (non-hydrogen) atoms. The van der Waals surface area contributed by atoms with Crippen molar-refractivity contribution in [1.82, 2.24) is 20.4 Å². The van der Waals surface area contributed by atoms with E-state index in [1.165, 1.54) is 0 Å². The van der Waals surface area contributed by atoms with Crippen LogP contribution in [0, 0.1) is 6.92 Å². The molecule has 3 rings (SSSR count). The molecule has 4 N–H and O–H groups in total. The molecule has 160 valence electrons. The first-order valence-electron chi connectivity index (χ1n) is 10.5. The maximum Gasteiger partial charge on any atom is 0.171 e. The molecule has 8 heteroatoms. The Morgan fingerprint density at radius 3 is 1.83 bits per heavy atom. The summed E-state index contributed by atoms with van der Waals surface area (Å²) in [5.74, 6) is 0. The normalized spacial score (nSPS) is 19.6. The van der Waals surface area contributed by atoms with Crippen molar-refractivity contribution < 1.29 is 0 Å². The molecule has 0 radical (unpaired) electrons. The average molecular weight is 435 g/mol. The van der Waals surface area contributed by atoms with Crippen LogP contribution in [0.1, 0.15) is 31.2 Å². The van der Waals surface area contributed by atoms with Gasteiger partial charge in [0, 0.05) is 23.5 Å². The number of likely N-dealkylation sites (tertiary alicyclic amines) is 2. The summed E-state index contributed by atoms with van der Waals surface area (Å²) in [5.41, 5.74) is 3.12. The van der Waals surface area contributed by atoms with Crippen molar-refractivity contribution in [2.75, 3.05) is 50.9 Å². The number of anilines is 2. The van der Waals surface area contributed by atoms with Crippen molar-refractivity contribution in [3.63, 3.8) is 0 Å². The molecule has 2 fully saturated rings. The number of thiocarbonyl (C=S) groups is 2. The number of aryl methyl sites for hydroxylation is 1. The first kappa shape index (κ1) is 22.2. The van der Waals surface area contributed by atoms with Gasteiger partial charge in [-0.3, -0.25) is 0 Å². The number of piperidine rings is 2. The number of rotatable bonds is 4. The van der Waals surface area contributed by atoms with Crippen LogP contribution < -0.4 is 21.3 Å². The zero-order chi connectivity index (χ0) is 20.8. The van der Waals surface area contributed by atoms with E-state index in [0.29, 0.717) is 22.3 Å². The lowest BCUT2D eigenvalue weighted by Gasteiger charge is -2.30. The molecule has 2 aliphatic rings. The number of benzene rings is 1. The molecule has 0 atom stereocenters. The van der Waals surface area contributed by atoms with Gasteiger partial charge in [-0.1, -0.05) is 6.07 Å². The van der Waals surface area contributed by atoms with Crippen molar-refractivity contribution in [1.29, 1.82) is 0 Å². The van der Waals surface area contributed by atoms with E-state index in [9.17, 15) is 0 Å². The molecule has 1 aromatic carbocycles. The molecule has 0 bridgehead atoms. The summed E-state index contributed by atoms with van der Waals surface area (Å²) in [6, 6.07) is 7.10. The van der Waals surface area contributed by atoms with Crippen LogP contribution in [0.15, 0.2) is 18.2 Å². The monoisotopic (exact) mass is 434 g/mol. The summed E-state index contributed by atoms with van der Waals surface area (Å²) in [4.78, 5) is 4.71. The van der Waals surface area contributed by atoms with E-state index in [1.54, 1.807) is 0 Å². The minimum Gasteiger partial charge on any atom is -0.360 e. The Kier molecular flexibility index (Phi) is 8.06. The molecule has 0 saturated carbocycles. The van der Waals surface area contributed by atoms with Crippen LogP contribution in [0.5, 0.6) is 0 Å². The number of hydrogen-bond donors (Lipinski definition) is 4. The molecule has 2 heterocycles.